The lowest BCUT2D eigenvalue weighted by atomic mass is 10.0. The third kappa shape index (κ3) is 3.65. The Morgan fingerprint density at radius 2 is 1.89 bits per heavy atom. The van der Waals surface area contributed by atoms with Gasteiger partial charge in [-0.15, -0.1) is 11.3 Å². The Morgan fingerprint density at radius 1 is 1.18 bits per heavy atom. The van der Waals surface area contributed by atoms with Crippen molar-refractivity contribution in [3.05, 3.63) is 39.8 Å². The molecule has 9 heteroatoms. The number of ether oxygens (including phenoxy) is 2. The molecular weight excluding hydrogens is 382 g/mol. The van der Waals surface area contributed by atoms with Gasteiger partial charge in [-0.1, -0.05) is 0 Å². The smallest absolute Gasteiger partial charge is 0.256 e. The summed E-state index contributed by atoms with van der Waals surface area (Å²) in [5, 5.41) is 3.17. The molecule has 1 aliphatic heterocycles. The SMILES string of the molecule is COc1ccc(C(=O)Nc2sc3c(c2C(N)=O)CCN(C(C)=O)C3)cc1OC. The van der Waals surface area contributed by atoms with Crippen LogP contribution in [0.3, 0.4) is 0 Å². The summed E-state index contributed by atoms with van der Waals surface area (Å²) in [5.41, 5.74) is 7.05. The van der Waals surface area contributed by atoms with Gasteiger partial charge in [0.2, 0.25) is 5.91 Å². The van der Waals surface area contributed by atoms with Gasteiger partial charge in [0.25, 0.3) is 11.8 Å². The molecule has 8 nitrogen and oxygen atoms in total. The van der Waals surface area contributed by atoms with Crippen molar-refractivity contribution >= 4 is 34.1 Å². The zero-order chi connectivity index (χ0) is 20.4. The maximum absolute atomic E-state index is 12.7. The number of fused-ring (bicyclic) bond motifs is 1. The predicted molar refractivity (Wildman–Crippen MR) is 105 cm³/mol. The minimum Gasteiger partial charge on any atom is -0.493 e. The van der Waals surface area contributed by atoms with Gasteiger partial charge in [-0.05, 0) is 30.2 Å². The van der Waals surface area contributed by atoms with E-state index in [-0.39, 0.29) is 5.91 Å². The number of primary amides is 1. The van der Waals surface area contributed by atoms with E-state index in [2.05, 4.69) is 5.32 Å². The molecule has 2 aromatic rings. The van der Waals surface area contributed by atoms with Crippen molar-refractivity contribution in [1.29, 1.82) is 0 Å². The number of nitrogens with two attached hydrogens (primary N) is 1. The van der Waals surface area contributed by atoms with Gasteiger partial charge in [-0.3, -0.25) is 14.4 Å². The molecule has 148 valence electrons. The van der Waals surface area contributed by atoms with Gasteiger partial charge in [0.15, 0.2) is 11.5 Å². The number of benzene rings is 1. The topological polar surface area (TPSA) is 111 Å². The van der Waals surface area contributed by atoms with Gasteiger partial charge >= 0.3 is 0 Å². The molecule has 1 aliphatic rings. The molecule has 0 fully saturated rings. The van der Waals surface area contributed by atoms with Gasteiger partial charge in [0.05, 0.1) is 26.3 Å². The van der Waals surface area contributed by atoms with Gasteiger partial charge in [-0.25, -0.2) is 0 Å². The second-order valence-electron chi connectivity index (χ2n) is 6.29. The quantitative estimate of drug-likeness (QED) is 0.793. The first-order chi connectivity index (χ1) is 13.3. The van der Waals surface area contributed by atoms with Crippen molar-refractivity contribution in [3.8, 4) is 11.5 Å². The summed E-state index contributed by atoms with van der Waals surface area (Å²) in [6.45, 7) is 2.43. The van der Waals surface area contributed by atoms with Crippen LogP contribution in [-0.4, -0.2) is 43.4 Å². The number of carbonyl (C=O) groups is 3. The normalized spacial score (nSPS) is 12.9. The fourth-order valence-electron chi connectivity index (χ4n) is 3.17. The number of nitrogens with one attached hydrogen (secondary N) is 1. The molecule has 1 aromatic carbocycles. The Kier molecular flexibility index (Phi) is 5.55. The first-order valence-electron chi connectivity index (χ1n) is 8.59. The molecule has 0 aliphatic carbocycles. The summed E-state index contributed by atoms with van der Waals surface area (Å²) in [4.78, 5) is 39.0. The maximum Gasteiger partial charge on any atom is 0.256 e. The van der Waals surface area contributed by atoms with Crippen LogP contribution in [-0.2, 0) is 17.8 Å². The number of anilines is 1. The van der Waals surface area contributed by atoms with Crippen LogP contribution in [0.25, 0.3) is 0 Å². The average Bonchev–Trinajstić information content (AvgIpc) is 3.04. The number of carbonyl (C=O) groups excluding carboxylic acids is 3. The van der Waals surface area contributed by atoms with E-state index in [1.165, 1.54) is 32.5 Å². The lowest BCUT2D eigenvalue weighted by Gasteiger charge is -2.25. The lowest BCUT2D eigenvalue weighted by molar-refractivity contribution is -0.129. The minimum absolute atomic E-state index is 0.0319. The molecule has 0 spiro atoms. The minimum atomic E-state index is -0.601. The van der Waals surface area contributed by atoms with E-state index < -0.39 is 11.8 Å². The molecule has 3 rings (SSSR count). The molecular formula is C19H21N3O5S. The second kappa shape index (κ2) is 7.89. The van der Waals surface area contributed by atoms with E-state index in [4.69, 9.17) is 15.2 Å². The fraction of sp³-hybridized carbons (Fsp3) is 0.316. The summed E-state index contributed by atoms with van der Waals surface area (Å²) in [6.07, 6.45) is 0.524. The molecule has 0 radical (unpaired) electrons. The van der Waals surface area contributed by atoms with E-state index in [0.29, 0.717) is 47.1 Å². The summed E-state index contributed by atoms with van der Waals surface area (Å²) in [6, 6.07) is 4.79. The highest BCUT2D eigenvalue weighted by molar-refractivity contribution is 7.17. The van der Waals surface area contributed by atoms with Crippen LogP contribution in [0.15, 0.2) is 18.2 Å². The zero-order valence-electron chi connectivity index (χ0n) is 15.8. The van der Waals surface area contributed by atoms with Gasteiger partial charge < -0.3 is 25.4 Å². The van der Waals surface area contributed by atoms with Crippen LogP contribution in [0, 0.1) is 0 Å². The second-order valence-corrected chi connectivity index (χ2v) is 7.39. The van der Waals surface area contributed by atoms with Crippen molar-refractivity contribution in [2.45, 2.75) is 19.9 Å². The molecule has 3 N–H and O–H groups in total. The van der Waals surface area contributed by atoms with Gasteiger partial charge in [0.1, 0.15) is 5.00 Å². The van der Waals surface area contributed by atoms with Crippen LogP contribution in [0.1, 0.15) is 38.1 Å². The van der Waals surface area contributed by atoms with Crippen molar-refractivity contribution in [2.75, 3.05) is 26.1 Å². The highest BCUT2D eigenvalue weighted by Gasteiger charge is 2.28. The summed E-state index contributed by atoms with van der Waals surface area (Å²) < 4.78 is 10.4. The number of methoxy groups -OCH3 is 2. The van der Waals surface area contributed by atoms with E-state index in [9.17, 15) is 14.4 Å². The Hall–Kier alpha value is -3.07. The van der Waals surface area contributed by atoms with E-state index >= 15 is 0 Å². The maximum atomic E-state index is 12.7. The van der Waals surface area contributed by atoms with Crippen LogP contribution in [0.2, 0.25) is 0 Å². The van der Waals surface area contributed by atoms with Crippen LogP contribution in [0.4, 0.5) is 5.00 Å². The summed E-state index contributed by atoms with van der Waals surface area (Å²) >= 11 is 1.27. The third-order valence-corrected chi connectivity index (χ3v) is 5.75. The first-order valence-corrected chi connectivity index (χ1v) is 9.40. The monoisotopic (exact) mass is 403 g/mol. The van der Waals surface area contributed by atoms with E-state index in [0.717, 1.165) is 10.4 Å². The van der Waals surface area contributed by atoms with Gasteiger partial charge in [-0.2, -0.15) is 0 Å². The Labute approximate surface area is 166 Å². The standard InChI is InChI=1S/C19H21N3O5S/c1-10(23)22-7-6-12-15(9-22)28-19(16(12)17(20)24)21-18(25)11-4-5-13(26-2)14(8-11)27-3/h4-5,8H,6-7,9H2,1-3H3,(H2,20,24)(H,21,25). The molecule has 28 heavy (non-hydrogen) atoms. The number of hydrogen-bond donors (Lipinski definition) is 2. The van der Waals surface area contributed by atoms with Crippen LogP contribution < -0.4 is 20.5 Å². The molecule has 3 amide bonds. The molecule has 1 aromatic heterocycles. The molecule has 0 bridgehead atoms. The zero-order valence-corrected chi connectivity index (χ0v) is 16.6. The number of thiophene rings is 1. The molecule has 0 saturated heterocycles. The number of hydrogen-bond acceptors (Lipinski definition) is 6. The Bertz CT molecular complexity index is 953. The third-order valence-electron chi connectivity index (χ3n) is 4.62. The van der Waals surface area contributed by atoms with Crippen molar-refractivity contribution in [1.82, 2.24) is 4.90 Å². The van der Waals surface area contributed by atoms with E-state index in [1.54, 1.807) is 23.1 Å². The van der Waals surface area contributed by atoms with Crippen molar-refractivity contribution in [2.24, 2.45) is 5.73 Å². The Morgan fingerprint density at radius 3 is 2.50 bits per heavy atom. The van der Waals surface area contributed by atoms with E-state index in [1.807, 2.05) is 0 Å². The number of nitrogens with zero attached hydrogens (tertiary/aromatic N) is 1. The highest BCUT2D eigenvalue weighted by atomic mass is 32.1. The van der Waals surface area contributed by atoms with Gasteiger partial charge in [0, 0.05) is 23.9 Å². The van der Waals surface area contributed by atoms with Crippen molar-refractivity contribution < 1.29 is 23.9 Å². The number of amides is 3. The molecule has 0 unspecified atom stereocenters. The molecule has 0 saturated carbocycles. The molecule has 0 atom stereocenters. The largest absolute Gasteiger partial charge is 0.493 e. The number of rotatable bonds is 5. The first kappa shape index (κ1) is 19.7. The molecule has 2 heterocycles. The lowest BCUT2D eigenvalue weighted by Crippen LogP contribution is -2.34. The van der Waals surface area contributed by atoms with Crippen LogP contribution >= 0.6 is 11.3 Å². The summed E-state index contributed by atoms with van der Waals surface area (Å²) in [7, 11) is 3.00. The summed E-state index contributed by atoms with van der Waals surface area (Å²) in [5.74, 6) is -0.0990. The van der Waals surface area contributed by atoms with Crippen molar-refractivity contribution in [3.63, 3.8) is 0 Å². The predicted octanol–water partition coefficient (Wildman–Crippen LogP) is 2.02. The highest BCUT2D eigenvalue weighted by Crippen LogP contribution is 2.37. The Balaban J connectivity index is 1.91. The fourth-order valence-corrected chi connectivity index (χ4v) is 4.44. The van der Waals surface area contributed by atoms with Crippen LogP contribution in [0.5, 0.6) is 11.5 Å². The average molecular weight is 403 g/mol.